The number of hydrogen-bond donors (Lipinski definition) is 1. The zero-order valence-corrected chi connectivity index (χ0v) is 86.7. The summed E-state index contributed by atoms with van der Waals surface area (Å²) in [6.45, 7) is 0. The number of hydrogen-bond acceptors (Lipinski definition) is 1. The van der Waals surface area contributed by atoms with Crippen molar-refractivity contribution < 1.29 is 0 Å². The van der Waals surface area contributed by atoms with E-state index in [1.807, 2.05) is 0 Å². The van der Waals surface area contributed by atoms with E-state index in [-0.39, 0.29) is 18.0 Å². The first-order valence-corrected chi connectivity index (χ1v) is 43.1. The van der Waals surface area contributed by atoms with Crippen LogP contribution in [-0.4, -0.2) is 19.6 Å². The third-order valence-corrected chi connectivity index (χ3v) is 112. The largest absolute Gasteiger partial charge is 0.307 e. The minimum absolute atomic E-state index is 0.00499. The summed E-state index contributed by atoms with van der Waals surface area (Å²) in [4.78, 5) is 0. The van der Waals surface area contributed by atoms with E-state index >= 15 is 0 Å². The molecule has 0 aromatic heterocycles. The predicted octanol–water partition coefficient (Wildman–Crippen LogP) is 23.8. The van der Waals surface area contributed by atoms with Crippen molar-refractivity contribution in [3.8, 4) is 0 Å². The number of rotatable bonds is 14. The summed E-state index contributed by atoms with van der Waals surface area (Å²) < 4.78 is -3.13. The van der Waals surface area contributed by atoms with Crippen LogP contribution >= 0.6 is 700 Å². The summed E-state index contributed by atoms with van der Waals surface area (Å²) in [5, 5.41) is 0. The molecule has 32 heteroatoms. The molecule has 0 aromatic rings. The summed E-state index contributed by atoms with van der Waals surface area (Å²) in [6, 6.07) is 0. The van der Waals surface area contributed by atoms with Crippen molar-refractivity contribution in [2.45, 2.75) is 19.6 Å². The smallest absolute Gasteiger partial charge is 0.149 e. The average molecular weight is 4130 g/mol. The van der Waals surface area contributed by atoms with Crippen LogP contribution in [0.1, 0.15) is 0 Å². The van der Waals surface area contributed by atoms with Crippen molar-refractivity contribution >= 4 is 700 Å². The maximum atomic E-state index is 6.88. The number of nitrogens with two attached hydrogens (primary N) is 1. The Morgan fingerprint density at radius 3 is 0.383 bits per heavy atom. The lowest BCUT2D eigenvalue weighted by atomic mass is 10.0. The molecule has 0 saturated carbocycles. The molecule has 0 bridgehead atoms. The van der Waals surface area contributed by atoms with Gasteiger partial charge in [-0.3, -0.25) is 0 Å². The highest BCUT2D eigenvalue weighted by atomic mass is 127. The first-order valence-electron chi connectivity index (χ1n) is 9.65. The zero-order chi connectivity index (χ0) is 39.5. The van der Waals surface area contributed by atoms with Crippen LogP contribution in [0, 0.1) is 0 Å². The van der Waals surface area contributed by atoms with Crippen molar-refractivity contribution in [3.63, 3.8) is 0 Å². The summed E-state index contributed by atoms with van der Waals surface area (Å²) in [5.41, 5.74) is 6.88. The van der Waals surface area contributed by atoms with E-state index < -0.39 is 1.55 Å². The summed E-state index contributed by atoms with van der Waals surface area (Å²) in [6.07, 6.45) is 0. The van der Waals surface area contributed by atoms with Crippen molar-refractivity contribution in [2.24, 2.45) is 5.73 Å². The molecular formula is C15H2I31N. The Morgan fingerprint density at radius 1 is 0.170 bits per heavy atom. The van der Waals surface area contributed by atoms with Gasteiger partial charge in [-0.2, -0.15) is 0 Å². The second-order valence-corrected chi connectivity index (χ2v) is 94.0. The lowest BCUT2D eigenvalue weighted by molar-refractivity contribution is 0.615. The summed E-state index contributed by atoms with van der Waals surface area (Å²) in [5.74, 6) is 0. The van der Waals surface area contributed by atoms with Crippen LogP contribution in [0.3, 0.4) is 0 Å². The van der Waals surface area contributed by atoms with Gasteiger partial charge < -0.3 is 5.73 Å². The molecule has 0 aromatic carbocycles. The van der Waals surface area contributed by atoms with Crippen LogP contribution in [0.4, 0.5) is 0 Å². The monoisotopic (exact) mass is 4130 g/mol. The molecule has 0 amide bonds. The molecule has 2 N–H and O–H groups in total. The van der Waals surface area contributed by atoms with Gasteiger partial charge in [-0.25, -0.2) is 0 Å². The Bertz CT molecular complexity index is 1060. The van der Waals surface area contributed by atoms with Crippen molar-refractivity contribution in [1.29, 1.82) is 0 Å². The zero-order valence-electron chi connectivity index (χ0n) is 19.8. The Hall–Kier alpha value is 22.6. The topological polar surface area (TPSA) is 26.0 Å². The van der Waals surface area contributed by atoms with Gasteiger partial charge in [0, 0.05) is 0 Å². The minimum atomic E-state index is -0.458. The van der Waals surface area contributed by atoms with Crippen LogP contribution in [-0.2, 0) is 0 Å². The van der Waals surface area contributed by atoms with E-state index in [1.54, 1.807) is 0 Å². The molecule has 0 aliphatic carbocycles. The van der Waals surface area contributed by atoms with Crippen molar-refractivity contribution in [2.75, 3.05) is 0 Å². The Morgan fingerprint density at radius 2 is 0.277 bits per heavy atom. The maximum Gasteiger partial charge on any atom is 0.149 e. The van der Waals surface area contributed by atoms with Crippen LogP contribution in [0.15, 0.2) is 0 Å². The van der Waals surface area contributed by atoms with Gasteiger partial charge in [-0.05, 0) is 45.2 Å². The molecule has 47 heavy (non-hydrogen) atoms. The standard InChI is InChI=1S/C15H2I31N/c16-1(17,2(18,19)4(22,23)6(26,27)8(30,31)10(34,35)12(38,39)14(42,43)44)3(20,21)5(24,25)7(28,29)9(32,33)11(36,37)13(40,41)15(45,46)47/h47H2. The fraction of sp³-hybridized carbons (Fsp3) is 1.00. The molecule has 284 valence electrons. The molecule has 0 aliphatic rings. The average Bonchev–Trinajstić information content (AvgIpc) is 2.80. The van der Waals surface area contributed by atoms with Gasteiger partial charge in [0.05, 0.1) is 0 Å². The minimum Gasteiger partial charge on any atom is -0.307 e. The molecule has 0 unspecified atom stereocenters. The Kier molecular flexibility index (Phi) is 36.6. The Labute approximate surface area is 700 Å². The molecule has 0 radical (unpaired) electrons. The molecule has 0 heterocycles. The fourth-order valence-electron chi connectivity index (χ4n) is 2.56. The maximum absolute atomic E-state index is 6.88. The van der Waals surface area contributed by atoms with Crippen LogP contribution < -0.4 is 5.73 Å². The van der Waals surface area contributed by atoms with Crippen LogP contribution in [0.5, 0.6) is 0 Å². The first kappa shape index (κ1) is 69.6. The molecular weight excluding hydrogens is 4130 g/mol. The van der Waals surface area contributed by atoms with E-state index in [0.717, 1.165) is 0 Å². The van der Waals surface area contributed by atoms with Gasteiger partial charge in [0.25, 0.3) is 0 Å². The second kappa shape index (κ2) is 24.7. The van der Waals surface area contributed by atoms with Crippen LogP contribution in [0.2, 0.25) is 0 Å². The van der Waals surface area contributed by atoms with Gasteiger partial charge in [0.15, 0.2) is 0 Å². The van der Waals surface area contributed by atoms with E-state index in [2.05, 4.69) is 700 Å². The summed E-state index contributed by atoms with van der Waals surface area (Å²) in [7, 11) is 0. The van der Waals surface area contributed by atoms with Gasteiger partial charge in [0.2, 0.25) is 0 Å². The molecule has 0 atom stereocenters. The van der Waals surface area contributed by atoms with E-state index in [1.165, 1.54) is 0 Å². The third-order valence-electron chi connectivity index (χ3n) is 5.51. The molecule has 0 spiro atoms. The number of halogens is 31. The van der Waals surface area contributed by atoms with Crippen molar-refractivity contribution in [1.82, 2.24) is 0 Å². The van der Waals surface area contributed by atoms with Crippen molar-refractivity contribution in [3.05, 3.63) is 0 Å². The van der Waals surface area contributed by atoms with Gasteiger partial charge in [-0.15, -0.1) is 0 Å². The number of alkyl halides is 31. The first-order chi connectivity index (χ1) is 19.5. The van der Waals surface area contributed by atoms with Gasteiger partial charge in [0.1, 0.15) is 19.6 Å². The quantitative estimate of drug-likeness (QED) is 0.105. The third kappa shape index (κ3) is 13.8. The normalized spacial score (nSPS) is 17.4. The van der Waals surface area contributed by atoms with E-state index in [0.29, 0.717) is 0 Å². The fourth-order valence-corrected chi connectivity index (χ4v) is 51.9. The van der Waals surface area contributed by atoms with Crippen LogP contribution in [0.25, 0.3) is 0 Å². The molecule has 0 fully saturated rings. The molecule has 1 nitrogen and oxygen atoms in total. The highest BCUT2D eigenvalue weighted by Crippen LogP contribution is 2.84. The Balaban J connectivity index is 7.61. The molecule has 0 saturated heterocycles. The molecule has 0 aliphatic heterocycles. The van der Waals surface area contributed by atoms with E-state index in [4.69, 9.17) is 5.73 Å². The van der Waals surface area contributed by atoms with Gasteiger partial charge >= 0.3 is 0 Å². The predicted molar refractivity (Wildman–Crippen MR) is 480 cm³/mol. The SMILES string of the molecule is NC(I)(I)C(I)(I)C(I)(I)C(I)(I)C(I)(I)C(I)(I)C(I)(I)C(I)(I)C(I)(I)C(I)(I)C(I)(I)C(I)(I)C(I)(I)C(I)(I)C(I)(I)I. The second-order valence-electron chi connectivity index (χ2n) is 8.59. The van der Waals surface area contributed by atoms with Gasteiger partial charge in [-0.1, -0.05) is 655 Å². The molecule has 0 rings (SSSR count). The highest BCUT2D eigenvalue weighted by Gasteiger charge is 2.82. The lowest BCUT2D eigenvalue weighted by Gasteiger charge is -2.62. The van der Waals surface area contributed by atoms with E-state index in [9.17, 15) is 0 Å². The summed E-state index contributed by atoms with van der Waals surface area (Å²) >= 11 is 84.7. The lowest BCUT2D eigenvalue weighted by Crippen LogP contribution is -2.73. The highest BCUT2D eigenvalue weighted by molar-refractivity contribution is 14.3.